The van der Waals surface area contributed by atoms with Gasteiger partial charge in [-0.3, -0.25) is 4.79 Å². The monoisotopic (exact) mass is 354 g/mol. The summed E-state index contributed by atoms with van der Waals surface area (Å²) in [6.45, 7) is 3.09. The van der Waals surface area contributed by atoms with Crippen molar-refractivity contribution in [3.05, 3.63) is 33.8 Å². The predicted molar refractivity (Wildman–Crippen MR) is 95.3 cm³/mol. The summed E-state index contributed by atoms with van der Waals surface area (Å²) in [6, 6.07) is 5.77. The number of nitrogens with zero attached hydrogens (tertiary/aromatic N) is 1. The van der Waals surface area contributed by atoms with E-state index in [0.29, 0.717) is 21.5 Å². The van der Waals surface area contributed by atoms with E-state index in [9.17, 15) is 4.79 Å². The number of rotatable bonds is 4. The fourth-order valence-corrected chi connectivity index (χ4v) is 4.34. The molecule has 0 aromatic heterocycles. The molecule has 1 saturated heterocycles. The Morgan fingerprint density at radius 1 is 1.04 bits per heavy atom. The molecule has 23 heavy (non-hydrogen) atoms. The lowest BCUT2D eigenvalue weighted by Gasteiger charge is -2.36. The zero-order valence-electron chi connectivity index (χ0n) is 13.4. The summed E-state index contributed by atoms with van der Waals surface area (Å²) in [5.74, 6) is 0.485. The number of carbonyl (C=O) groups is 1. The van der Waals surface area contributed by atoms with Crippen molar-refractivity contribution >= 4 is 29.1 Å². The first-order chi connectivity index (χ1) is 11.1. The molecule has 3 nitrogen and oxygen atoms in total. The highest BCUT2D eigenvalue weighted by atomic mass is 35.5. The molecule has 0 bridgehead atoms. The number of hydrogen-bond donors (Lipinski definition) is 1. The molecule has 1 saturated carbocycles. The molecule has 1 aliphatic heterocycles. The van der Waals surface area contributed by atoms with Crippen LogP contribution in [-0.4, -0.2) is 36.5 Å². The Balaban J connectivity index is 1.45. The highest BCUT2D eigenvalue weighted by molar-refractivity contribution is 6.35. The van der Waals surface area contributed by atoms with E-state index in [2.05, 4.69) is 10.2 Å². The van der Waals surface area contributed by atoms with Gasteiger partial charge in [0.25, 0.3) is 5.91 Å². The lowest BCUT2D eigenvalue weighted by Crippen LogP contribution is -2.42. The number of likely N-dealkylation sites (tertiary alicyclic amines) is 1. The van der Waals surface area contributed by atoms with Gasteiger partial charge in [-0.25, -0.2) is 0 Å². The molecule has 0 unspecified atom stereocenters. The third-order valence-corrected chi connectivity index (χ3v) is 5.60. The maximum atomic E-state index is 12.2. The van der Waals surface area contributed by atoms with Gasteiger partial charge in [0.15, 0.2) is 0 Å². The fraction of sp³-hybridized carbons (Fsp3) is 0.611. The van der Waals surface area contributed by atoms with Crippen molar-refractivity contribution in [3.8, 4) is 0 Å². The van der Waals surface area contributed by atoms with Crippen LogP contribution >= 0.6 is 23.2 Å². The van der Waals surface area contributed by atoms with E-state index in [1.54, 1.807) is 18.2 Å². The molecule has 1 N–H and O–H groups in total. The summed E-state index contributed by atoms with van der Waals surface area (Å²) >= 11 is 11.9. The molecule has 2 fully saturated rings. The maximum absolute atomic E-state index is 12.2. The lowest BCUT2D eigenvalue weighted by atomic mass is 9.95. The van der Waals surface area contributed by atoms with E-state index in [1.807, 2.05) is 0 Å². The largest absolute Gasteiger partial charge is 0.352 e. The second-order valence-electron chi connectivity index (χ2n) is 6.79. The van der Waals surface area contributed by atoms with Crippen LogP contribution in [0.3, 0.4) is 0 Å². The second kappa shape index (κ2) is 7.87. The minimum atomic E-state index is -0.0902. The summed E-state index contributed by atoms with van der Waals surface area (Å²) in [6.07, 6.45) is 7.87. The van der Waals surface area contributed by atoms with Crippen molar-refractivity contribution in [1.29, 1.82) is 0 Å². The third-order valence-electron chi connectivity index (χ3n) is 5.17. The van der Waals surface area contributed by atoms with Crippen LogP contribution in [0.15, 0.2) is 18.2 Å². The summed E-state index contributed by atoms with van der Waals surface area (Å²) in [4.78, 5) is 14.9. The van der Waals surface area contributed by atoms with E-state index in [1.165, 1.54) is 51.6 Å². The molecule has 1 aliphatic carbocycles. The molecule has 3 rings (SSSR count). The molecule has 126 valence electrons. The Bertz CT molecular complexity index is 530. The van der Waals surface area contributed by atoms with E-state index < -0.39 is 0 Å². The first-order valence-corrected chi connectivity index (χ1v) is 9.36. The number of amides is 1. The summed E-state index contributed by atoms with van der Waals surface area (Å²) in [7, 11) is 0. The van der Waals surface area contributed by atoms with E-state index in [-0.39, 0.29) is 5.91 Å². The second-order valence-corrected chi connectivity index (χ2v) is 7.66. The van der Waals surface area contributed by atoms with Gasteiger partial charge in [0.05, 0.1) is 0 Å². The molecule has 5 heteroatoms. The summed E-state index contributed by atoms with van der Waals surface area (Å²) in [5.41, 5.74) is 0.533. The van der Waals surface area contributed by atoms with Gasteiger partial charge in [0.2, 0.25) is 0 Å². The van der Waals surface area contributed by atoms with Gasteiger partial charge in [-0.2, -0.15) is 0 Å². The predicted octanol–water partition coefficient (Wildman–Crippen LogP) is 4.38. The van der Waals surface area contributed by atoms with Crippen LogP contribution in [0.2, 0.25) is 10.0 Å². The first-order valence-electron chi connectivity index (χ1n) is 8.60. The molecule has 1 amide bonds. The van der Waals surface area contributed by atoms with Gasteiger partial charge in [-0.15, -0.1) is 0 Å². The van der Waals surface area contributed by atoms with Crippen LogP contribution in [0.25, 0.3) is 0 Å². The van der Waals surface area contributed by atoms with Crippen molar-refractivity contribution in [2.75, 3.05) is 19.6 Å². The average molecular weight is 355 g/mol. The van der Waals surface area contributed by atoms with Crippen molar-refractivity contribution in [2.24, 2.45) is 5.92 Å². The van der Waals surface area contributed by atoms with Crippen molar-refractivity contribution in [2.45, 2.75) is 44.6 Å². The molecule has 0 radical (unpaired) electrons. The number of nitrogens with one attached hydrogen (secondary N) is 1. The molecular formula is C18H24Cl2N2O. The van der Waals surface area contributed by atoms with Gasteiger partial charge in [-0.1, -0.05) is 36.0 Å². The summed E-state index contributed by atoms with van der Waals surface area (Å²) in [5, 5.41) is 4.02. The minimum Gasteiger partial charge on any atom is -0.352 e. The standard InChI is InChI=1S/C18H24Cl2N2O/c19-15-9-14(10-16(20)11-15)18(23)21-12-13-5-7-22(8-6-13)17-3-1-2-4-17/h9-11,13,17H,1-8,12H2,(H,21,23). The van der Waals surface area contributed by atoms with Gasteiger partial charge < -0.3 is 10.2 Å². The van der Waals surface area contributed by atoms with Crippen LogP contribution in [-0.2, 0) is 0 Å². The molecular weight excluding hydrogens is 331 g/mol. The van der Waals surface area contributed by atoms with Crippen LogP contribution in [0.5, 0.6) is 0 Å². The Hall–Kier alpha value is -0.770. The van der Waals surface area contributed by atoms with E-state index in [4.69, 9.17) is 23.2 Å². The first kappa shape index (κ1) is 17.1. The number of carbonyl (C=O) groups excluding carboxylic acids is 1. The highest BCUT2D eigenvalue weighted by Crippen LogP contribution is 2.27. The quantitative estimate of drug-likeness (QED) is 0.869. The minimum absolute atomic E-state index is 0.0902. The average Bonchev–Trinajstić information content (AvgIpc) is 3.06. The number of piperidine rings is 1. The Labute approximate surface area is 148 Å². The Kier molecular flexibility index (Phi) is 5.84. The lowest BCUT2D eigenvalue weighted by molar-refractivity contribution is 0.0924. The SMILES string of the molecule is O=C(NCC1CCN(C2CCCC2)CC1)c1cc(Cl)cc(Cl)c1. The summed E-state index contributed by atoms with van der Waals surface area (Å²) < 4.78 is 0. The normalized spacial score (nSPS) is 20.8. The Morgan fingerprint density at radius 3 is 2.26 bits per heavy atom. The van der Waals surface area contributed by atoms with Crippen molar-refractivity contribution in [3.63, 3.8) is 0 Å². The molecule has 0 atom stereocenters. The zero-order valence-corrected chi connectivity index (χ0v) is 14.9. The van der Waals surface area contributed by atoms with Crippen LogP contribution < -0.4 is 5.32 Å². The number of halogens is 2. The van der Waals surface area contributed by atoms with Crippen LogP contribution in [0.1, 0.15) is 48.9 Å². The van der Waals surface area contributed by atoms with Crippen LogP contribution in [0.4, 0.5) is 0 Å². The van der Waals surface area contributed by atoms with Gasteiger partial charge in [0.1, 0.15) is 0 Å². The van der Waals surface area contributed by atoms with Gasteiger partial charge in [-0.05, 0) is 62.9 Å². The smallest absolute Gasteiger partial charge is 0.251 e. The zero-order chi connectivity index (χ0) is 16.2. The van der Waals surface area contributed by atoms with Crippen LogP contribution in [0, 0.1) is 5.92 Å². The highest BCUT2D eigenvalue weighted by Gasteiger charge is 2.27. The van der Waals surface area contributed by atoms with Crippen molar-refractivity contribution in [1.82, 2.24) is 10.2 Å². The van der Waals surface area contributed by atoms with E-state index >= 15 is 0 Å². The van der Waals surface area contributed by atoms with E-state index in [0.717, 1.165) is 12.6 Å². The van der Waals surface area contributed by atoms with Crippen molar-refractivity contribution < 1.29 is 4.79 Å². The molecule has 2 aliphatic rings. The molecule has 1 aromatic rings. The topological polar surface area (TPSA) is 32.3 Å². The maximum Gasteiger partial charge on any atom is 0.251 e. The number of benzene rings is 1. The van der Waals surface area contributed by atoms with Gasteiger partial charge in [0, 0.05) is 28.2 Å². The molecule has 1 heterocycles. The number of hydrogen-bond acceptors (Lipinski definition) is 2. The molecule has 0 spiro atoms. The molecule has 1 aromatic carbocycles. The van der Waals surface area contributed by atoms with Gasteiger partial charge >= 0.3 is 0 Å². The third kappa shape index (κ3) is 4.62. The fourth-order valence-electron chi connectivity index (χ4n) is 3.82. The Morgan fingerprint density at radius 2 is 1.65 bits per heavy atom.